The molecule has 0 spiro atoms. The van der Waals surface area contributed by atoms with E-state index in [0.717, 1.165) is 39.5 Å². The third kappa shape index (κ3) is 5.94. The summed E-state index contributed by atoms with van der Waals surface area (Å²) in [5, 5.41) is 11.0. The Balaban J connectivity index is 1.29. The molecule has 5 aromatic rings. The Kier molecular flexibility index (Phi) is 8.17. The fraction of sp³-hybridized carbons (Fsp3) is 0.242. The van der Waals surface area contributed by atoms with Crippen molar-refractivity contribution in [3.63, 3.8) is 0 Å². The second-order valence-electron chi connectivity index (χ2n) is 10.8. The van der Waals surface area contributed by atoms with Gasteiger partial charge in [-0.3, -0.25) is 15.0 Å². The van der Waals surface area contributed by atoms with E-state index >= 15 is 0 Å². The third-order valence-electron chi connectivity index (χ3n) is 7.91. The summed E-state index contributed by atoms with van der Waals surface area (Å²) >= 11 is 0. The number of aromatic nitrogens is 2. The summed E-state index contributed by atoms with van der Waals surface area (Å²) in [4.78, 5) is 17.8. The van der Waals surface area contributed by atoms with Gasteiger partial charge in [0.05, 0.1) is 27.8 Å². The van der Waals surface area contributed by atoms with E-state index in [1.807, 2.05) is 31.2 Å². The summed E-state index contributed by atoms with van der Waals surface area (Å²) in [7, 11) is -3.77. The molecule has 0 unspecified atom stereocenters. The van der Waals surface area contributed by atoms with Crippen molar-refractivity contribution in [1.29, 1.82) is 0 Å². The van der Waals surface area contributed by atoms with Gasteiger partial charge in [-0.15, -0.1) is 0 Å². The van der Waals surface area contributed by atoms with Crippen LogP contribution in [0.25, 0.3) is 28.0 Å². The number of aryl methyl sites for hydroxylation is 1. The molecular formula is C33H33N5O5S. The van der Waals surface area contributed by atoms with Crippen molar-refractivity contribution in [3.8, 4) is 28.1 Å². The molecule has 0 bridgehead atoms. The smallest absolute Gasteiger partial charge is 0.269 e. The number of hydrogen-bond acceptors (Lipinski definition) is 7. The first-order chi connectivity index (χ1) is 21.2. The molecule has 226 valence electrons. The number of imidazole rings is 1. The summed E-state index contributed by atoms with van der Waals surface area (Å²) in [5.74, 6) is 0.817. The molecule has 10 nitrogen and oxygen atoms in total. The molecule has 44 heavy (non-hydrogen) atoms. The maximum Gasteiger partial charge on any atom is 0.269 e. The van der Waals surface area contributed by atoms with Crippen LogP contribution in [0.4, 0.5) is 5.69 Å². The van der Waals surface area contributed by atoms with E-state index in [1.165, 1.54) is 34.1 Å². The zero-order valence-electron chi connectivity index (χ0n) is 24.6. The standard InChI is InChI=1S/C33H33N5O5S/c1-3-43-29-6-4-5-26(21-29)27-11-16-32-34-33(25-9-7-24(2)8-10-25)31(37(32)22-27)23-35-17-19-36(20-18-35)44(41,42)30-14-12-28(13-15-30)38(39)40/h4-16,21-22H,3,17-20,23H2,1-2H3. The zero-order valence-corrected chi connectivity index (χ0v) is 25.4. The van der Waals surface area contributed by atoms with E-state index in [9.17, 15) is 18.5 Å². The highest BCUT2D eigenvalue weighted by Gasteiger charge is 2.30. The van der Waals surface area contributed by atoms with Gasteiger partial charge in [0.25, 0.3) is 5.69 Å². The molecule has 0 N–H and O–H groups in total. The van der Waals surface area contributed by atoms with Crippen molar-refractivity contribution in [2.24, 2.45) is 0 Å². The number of nitro groups is 1. The first kappa shape index (κ1) is 29.5. The summed E-state index contributed by atoms with van der Waals surface area (Å²) < 4.78 is 35.9. The number of sulfonamides is 1. The third-order valence-corrected chi connectivity index (χ3v) is 9.82. The minimum absolute atomic E-state index is 0.0564. The quantitative estimate of drug-likeness (QED) is 0.153. The van der Waals surface area contributed by atoms with Gasteiger partial charge in [-0.25, -0.2) is 13.4 Å². The van der Waals surface area contributed by atoms with Crippen molar-refractivity contribution in [3.05, 3.63) is 112 Å². The van der Waals surface area contributed by atoms with Gasteiger partial charge >= 0.3 is 0 Å². The van der Waals surface area contributed by atoms with Crippen LogP contribution in [-0.2, 0) is 16.6 Å². The van der Waals surface area contributed by atoms with E-state index in [2.05, 4.69) is 58.8 Å². The van der Waals surface area contributed by atoms with Gasteiger partial charge in [0.1, 0.15) is 11.4 Å². The van der Waals surface area contributed by atoms with Gasteiger partial charge in [-0.1, -0.05) is 42.0 Å². The lowest BCUT2D eigenvalue weighted by Crippen LogP contribution is -2.48. The van der Waals surface area contributed by atoms with Crippen LogP contribution in [0.3, 0.4) is 0 Å². The molecule has 1 aliphatic rings. The molecule has 3 aromatic carbocycles. The van der Waals surface area contributed by atoms with Crippen LogP contribution >= 0.6 is 0 Å². The van der Waals surface area contributed by atoms with Crippen molar-refractivity contribution >= 4 is 21.4 Å². The second kappa shape index (κ2) is 12.2. The lowest BCUT2D eigenvalue weighted by Gasteiger charge is -2.34. The molecule has 1 aliphatic heterocycles. The number of hydrogen-bond donors (Lipinski definition) is 0. The summed E-state index contributed by atoms with van der Waals surface area (Å²) in [5.41, 5.74) is 6.88. The molecule has 0 aliphatic carbocycles. The van der Waals surface area contributed by atoms with E-state index < -0.39 is 14.9 Å². The number of benzene rings is 3. The van der Waals surface area contributed by atoms with Gasteiger partial charge in [0, 0.05) is 56.6 Å². The number of nitro benzene ring substituents is 1. The van der Waals surface area contributed by atoms with Gasteiger partial charge in [0.15, 0.2) is 0 Å². The maximum absolute atomic E-state index is 13.3. The summed E-state index contributed by atoms with van der Waals surface area (Å²) in [6.07, 6.45) is 2.11. The van der Waals surface area contributed by atoms with E-state index in [0.29, 0.717) is 39.3 Å². The average molecular weight is 612 g/mol. The number of fused-ring (bicyclic) bond motifs is 1. The molecule has 6 rings (SSSR count). The fourth-order valence-corrected chi connectivity index (χ4v) is 6.94. The van der Waals surface area contributed by atoms with Gasteiger partial charge in [0.2, 0.25) is 10.0 Å². The molecular weight excluding hydrogens is 578 g/mol. The molecule has 0 amide bonds. The number of nitrogens with zero attached hydrogens (tertiary/aromatic N) is 5. The highest BCUT2D eigenvalue weighted by molar-refractivity contribution is 7.89. The van der Waals surface area contributed by atoms with E-state index in [1.54, 1.807) is 0 Å². The average Bonchev–Trinajstić information content (AvgIpc) is 3.39. The predicted octanol–water partition coefficient (Wildman–Crippen LogP) is 5.79. The zero-order chi connectivity index (χ0) is 30.8. The Labute approximate surface area is 256 Å². The molecule has 1 fully saturated rings. The fourth-order valence-electron chi connectivity index (χ4n) is 5.52. The van der Waals surface area contributed by atoms with Crippen LogP contribution in [0.15, 0.2) is 96.0 Å². The number of ether oxygens (including phenoxy) is 1. The number of pyridine rings is 1. The Bertz CT molecular complexity index is 1910. The SMILES string of the molecule is CCOc1cccc(-c2ccc3nc(-c4ccc(C)cc4)c(CN4CCN(S(=O)(=O)c5ccc([N+](=O)[O-])cc5)CC4)n3c2)c1. The minimum Gasteiger partial charge on any atom is -0.494 e. The minimum atomic E-state index is -3.77. The lowest BCUT2D eigenvalue weighted by atomic mass is 10.1. The van der Waals surface area contributed by atoms with Crippen molar-refractivity contribution in [2.45, 2.75) is 25.3 Å². The van der Waals surface area contributed by atoms with Crippen LogP contribution in [-0.4, -0.2) is 64.7 Å². The highest BCUT2D eigenvalue weighted by Crippen LogP contribution is 2.30. The maximum atomic E-state index is 13.3. The van der Waals surface area contributed by atoms with Crippen molar-refractivity contribution < 1.29 is 18.1 Å². The number of non-ortho nitro benzene ring substituents is 1. The van der Waals surface area contributed by atoms with Gasteiger partial charge in [-0.05, 0) is 61.4 Å². The lowest BCUT2D eigenvalue weighted by molar-refractivity contribution is -0.384. The Morgan fingerprint density at radius 1 is 0.886 bits per heavy atom. The van der Waals surface area contributed by atoms with Crippen molar-refractivity contribution in [1.82, 2.24) is 18.6 Å². The molecule has 1 saturated heterocycles. The monoisotopic (exact) mass is 611 g/mol. The largest absolute Gasteiger partial charge is 0.494 e. The molecule has 2 aromatic heterocycles. The Morgan fingerprint density at radius 2 is 1.59 bits per heavy atom. The van der Waals surface area contributed by atoms with Crippen LogP contribution in [0.5, 0.6) is 5.75 Å². The first-order valence-corrected chi connectivity index (χ1v) is 15.9. The topological polar surface area (TPSA) is 110 Å². The normalized spacial score (nSPS) is 14.6. The van der Waals surface area contributed by atoms with Crippen LogP contribution in [0, 0.1) is 17.0 Å². The molecule has 0 radical (unpaired) electrons. The number of rotatable bonds is 9. The van der Waals surface area contributed by atoms with E-state index in [4.69, 9.17) is 9.72 Å². The van der Waals surface area contributed by atoms with Crippen LogP contribution < -0.4 is 4.74 Å². The Morgan fingerprint density at radius 3 is 2.27 bits per heavy atom. The molecule has 0 atom stereocenters. The molecule has 0 saturated carbocycles. The van der Waals surface area contributed by atoms with E-state index in [-0.39, 0.29) is 10.6 Å². The van der Waals surface area contributed by atoms with Gasteiger partial charge in [-0.2, -0.15) is 4.31 Å². The Hall–Kier alpha value is -4.58. The first-order valence-electron chi connectivity index (χ1n) is 14.5. The van der Waals surface area contributed by atoms with Crippen LogP contribution in [0.2, 0.25) is 0 Å². The van der Waals surface area contributed by atoms with Gasteiger partial charge < -0.3 is 9.14 Å². The summed E-state index contributed by atoms with van der Waals surface area (Å²) in [6, 6.07) is 25.5. The predicted molar refractivity (Wildman–Crippen MR) is 169 cm³/mol. The second-order valence-corrected chi connectivity index (χ2v) is 12.7. The highest BCUT2D eigenvalue weighted by atomic mass is 32.2. The van der Waals surface area contributed by atoms with Crippen LogP contribution in [0.1, 0.15) is 18.2 Å². The number of piperazine rings is 1. The van der Waals surface area contributed by atoms with Crippen molar-refractivity contribution in [2.75, 3.05) is 32.8 Å². The molecule has 3 heterocycles. The summed E-state index contributed by atoms with van der Waals surface area (Å²) in [6.45, 7) is 6.88. The molecule has 11 heteroatoms.